The van der Waals surface area contributed by atoms with E-state index in [1.807, 2.05) is 13.0 Å². The first-order chi connectivity index (χ1) is 17.7. The van der Waals surface area contributed by atoms with Gasteiger partial charge in [-0.15, -0.1) is 0 Å². The Hall–Kier alpha value is -3.80. The van der Waals surface area contributed by atoms with Gasteiger partial charge < -0.3 is 20.2 Å². The van der Waals surface area contributed by atoms with Crippen LogP contribution in [-0.4, -0.2) is 30.1 Å². The average molecular weight is 495 g/mol. The van der Waals surface area contributed by atoms with Crippen LogP contribution in [0, 0.1) is 13.8 Å². The van der Waals surface area contributed by atoms with Crippen molar-refractivity contribution >= 4 is 45.2 Å². The predicted molar refractivity (Wildman–Crippen MR) is 151 cm³/mol. The molecule has 3 aliphatic rings. The van der Waals surface area contributed by atoms with E-state index in [9.17, 15) is 10.2 Å². The summed E-state index contributed by atoms with van der Waals surface area (Å²) in [5.41, 5.74) is 12.9. The van der Waals surface area contributed by atoms with Gasteiger partial charge >= 0.3 is 0 Å². The Bertz CT molecular complexity index is 1820. The lowest BCUT2D eigenvalue weighted by molar-refractivity contribution is 0.470. The number of H-pyrrole nitrogens is 2. The SMILES string of the molecule is CCC1=C(C)c2cc3[nH]c(cc4nc(c5c6[nH]c(cc1n2)c(C)c6=C(O)[C@@H]5C)[C@@H](C)[C@@H]4C)c(C)c3=CO. The molecule has 3 aromatic heterocycles. The third-order valence-corrected chi connectivity index (χ3v) is 8.92. The zero-order chi connectivity index (χ0) is 26.3. The molecule has 0 radical (unpaired) electrons. The summed E-state index contributed by atoms with van der Waals surface area (Å²) in [4.78, 5) is 17.4. The molecule has 0 fully saturated rings. The highest BCUT2D eigenvalue weighted by Crippen LogP contribution is 2.43. The Morgan fingerprint density at radius 1 is 0.892 bits per heavy atom. The van der Waals surface area contributed by atoms with Gasteiger partial charge in [-0.3, -0.25) is 4.98 Å². The molecular formula is C31H34N4O2. The molecule has 3 aromatic rings. The Labute approximate surface area is 216 Å². The number of aliphatic hydroxyl groups excluding tert-OH is 2. The second kappa shape index (κ2) is 8.10. The number of allylic oxidation sites excluding steroid dienone is 2. The molecule has 4 N–H and O–H groups in total. The predicted octanol–water partition coefficient (Wildman–Crippen LogP) is 6.26. The van der Waals surface area contributed by atoms with Crippen LogP contribution in [0.2, 0.25) is 0 Å². The summed E-state index contributed by atoms with van der Waals surface area (Å²) < 4.78 is 0. The van der Waals surface area contributed by atoms with Crippen molar-refractivity contribution < 1.29 is 10.2 Å². The van der Waals surface area contributed by atoms with E-state index in [-0.39, 0.29) is 17.8 Å². The van der Waals surface area contributed by atoms with Crippen LogP contribution in [-0.2, 0) is 0 Å². The fraction of sp³-hybridized carbons (Fsp3) is 0.355. The van der Waals surface area contributed by atoms with E-state index >= 15 is 0 Å². The monoisotopic (exact) mass is 494 g/mol. The number of nitrogens with one attached hydrogen (secondary N) is 2. The van der Waals surface area contributed by atoms with E-state index in [0.29, 0.717) is 5.76 Å². The molecule has 0 spiro atoms. The highest BCUT2D eigenvalue weighted by molar-refractivity contribution is 5.93. The lowest BCUT2D eigenvalue weighted by Crippen LogP contribution is -2.04. The van der Waals surface area contributed by atoms with Crippen LogP contribution in [0.4, 0.5) is 0 Å². The maximum atomic E-state index is 11.3. The summed E-state index contributed by atoms with van der Waals surface area (Å²) in [6, 6.07) is 6.24. The number of hydrogen-bond acceptors (Lipinski definition) is 4. The van der Waals surface area contributed by atoms with Gasteiger partial charge in [-0.2, -0.15) is 0 Å². The molecule has 5 heterocycles. The van der Waals surface area contributed by atoms with Crippen molar-refractivity contribution in [3.8, 4) is 0 Å². The second-order valence-corrected chi connectivity index (χ2v) is 10.8. The Morgan fingerprint density at radius 3 is 2.30 bits per heavy atom. The first-order valence-electron chi connectivity index (χ1n) is 13.2. The van der Waals surface area contributed by atoms with Crippen LogP contribution in [0.5, 0.6) is 0 Å². The van der Waals surface area contributed by atoms with E-state index in [1.165, 1.54) is 11.8 Å². The van der Waals surface area contributed by atoms with Crippen LogP contribution in [0.1, 0.15) is 98.3 Å². The third kappa shape index (κ3) is 3.17. The molecule has 3 atom stereocenters. The molecule has 0 aromatic carbocycles. The number of aliphatic hydroxyl groups is 2. The maximum absolute atomic E-state index is 11.3. The minimum atomic E-state index is -0.123. The van der Waals surface area contributed by atoms with Crippen LogP contribution in [0.15, 0.2) is 18.2 Å². The molecular weight excluding hydrogens is 460 g/mol. The summed E-state index contributed by atoms with van der Waals surface area (Å²) in [5.74, 6) is 0.696. The molecule has 8 bridgehead atoms. The molecule has 6 nitrogen and oxygen atoms in total. The van der Waals surface area contributed by atoms with Crippen LogP contribution < -0.4 is 10.4 Å². The average Bonchev–Trinajstić information content (AvgIpc) is 3.58. The summed E-state index contributed by atoms with van der Waals surface area (Å²) >= 11 is 0. The van der Waals surface area contributed by atoms with Gasteiger partial charge in [0.1, 0.15) is 5.76 Å². The zero-order valence-electron chi connectivity index (χ0n) is 22.5. The molecule has 6 heteroatoms. The minimum absolute atomic E-state index is 0.123. The van der Waals surface area contributed by atoms with E-state index in [2.05, 4.69) is 63.6 Å². The second-order valence-electron chi connectivity index (χ2n) is 10.8. The number of nitrogens with zero attached hydrogens (tertiary/aromatic N) is 2. The number of aromatic amines is 2. The lowest BCUT2D eigenvalue weighted by Gasteiger charge is -2.14. The Balaban J connectivity index is 1.87. The van der Waals surface area contributed by atoms with E-state index in [1.54, 1.807) is 0 Å². The van der Waals surface area contributed by atoms with Crippen LogP contribution >= 0.6 is 0 Å². The quantitative estimate of drug-likeness (QED) is 0.321. The summed E-state index contributed by atoms with van der Waals surface area (Å²) in [6.45, 7) is 14.8. The summed E-state index contributed by atoms with van der Waals surface area (Å²) in [7, 11) is 0. The van der Waals surface area contributed by atoms with Crippen molar-refractivity contribution in [2.75, 3.05) is 0 Å². The van der Waals surface area contributed by atoms with Crippen molar-refractivity contribution in [3.63, 3.8) is 0 Å². The van der Waals surface area contributed by atoms with Crippen molar-refractivity contribution in [3.05, 3.63) is 68.1 Å². The summed E-state index contributed by atoms with van der Waals surface area (Å²) in [5, 5.41) is 23.1. The molecule has 190 valence electrons. The van der Waals surface area contributed by atoms with Crippen molar-refractivity contribution in [2.45, 2.75) is 72.6 Å². The molecule has 6 rings (SSSR count). The van der Waals surface area contributed by atoms with Gasteiger partial charge in [-0.05, 0) is 67.7 Å². The van der Waals surface area contributed by atoms with Gasteiger partial charge in [0.2, 0.25) is 0 Å². The van der Waals surface area contributed by atoms with Gasteiger partial charge in [0, 0.05) is 50.5 Å². The van der Waals surface area contributed by atoms with Crippen LogP contribution in [0.25, 0.3) is 45.2 Å². The van der Waals surface area contributed by atoms with E-state index < -0.39 is 0 Å². The highest BCUT2D eigenvalue weighted by atomic mass is 16.3. The van der Waals surface area contributed by atoms with Crippen molar-refractivity contribution in [1.82, 2.24) is 19.9 Å². The first kappa shape index (κ1) is 23.6. The lowest BCUT2D eigenvalue weighted by atomic mass is 9.89. The van der Waals surface area contributed by atoms with E-state index in [0.717, 1.165) is 84.0 Å². The Morgan fingerprint density at radius 2 is 1.59 bits per heavy atom. The molecule has 0 amide bonds. The van der Waals surface area contributed by atoms with Gasteiger partial charge in [0.15, 0.2) is 0 Å². The fourth-order valence-corrected chi connectivity index (χ4v) is 6.34. The number of hydrogen-bond donors (Lipinski definition) is 4. The van der Waals surface area contributed by atoms with E-state index in [4.69, 9.17) is 9.97 Å². The molecule has 0 saturated carbocycles. The largest absolute Gasteiger partial charge is 0.515 e. The molecule has 0 unspecified atom stereocenters. The van der Waals surface area contributed by atoms with Crippen molar-refractivity contribution in [2.24, 2.45) is 0 Å². The normalized spacial score (nSPS) is 21.4. The van der Waals surface area contributed by atoms with Gasteiger partial charge in [-0.25, -0.2) is 4.98 Å². The maximum Gasteiger partial charge on any atom is 0.109 e. The first-order valence-corrected chi connectivity index (χ1v) is 13.2. The fourth-order valence-electron chi connectivity index (χ4n) is 6.34. The smallest absolute Gasteiger partial charge is 0.109 e. The van der Waals surface area contributed by atoms with Gasteiger partial charge in [0.05, 0.1) is 34.4 Å². The molecule has 1 aliphatic carbocycles. The van der Waals surface area contributed by atoms with Gasteiger partial charge in [0.25, 0.3) is 0 Å². The number of fused-ring (bicyclic) bond motifs is 8. The number of rotatable bonds is 1. The number of aryl methyl sites for hydroxylation is 2. The third-order valence-electron chi connectivity index (χ3n) is 8.92. The molecule has 2 aliphatic heterocycles. The highest BCUT2D eigenvalue weighted by Gasteiger charge is 2.34. The summed E-state index contributed by atoms with van der Waals surface area (Å²) in [6.07, 6.45) is 2.03. The topological polar surface area (TPSA) is 97.8 Å². The number of aromatic nitrogens is 4. The standard InChI is InChI=1S/C31H34N4O2/c1-8-19-15(4)23-10-26-20(12-36)16(5)22(33-26)9-21-13(2)14(3)29(34-21)27-18(7)31(37)28-17(6)24(35-30(27)28)11-25(19)32-23/h9-14,18,33,35-37H,8H2,1-7H3/t13-,14-,18+/m0/s1. The molecule has 37 heavy (non-hydrogen) atoms. The Kier molecular flexibility index (Phi) is 5.17. The zero-order valence-corrected chi connectivity index (χ0v) is 22.5. The van der Waals surface area contributed by atoms with Crippen molar-refractivity contribution in [1.29, 1.82) is 0 Å². The van der Waals surface area contributed by atoms with Crippen LogP contribution in [0.3, 0.4) is 0 Å². The molecule has 0 saturated heterocycles. The van der Waals surface area contributed by atoms with Gasteiger partial charge in [-0.1, -0.05) is 27.7 Å². The minimum Gasteiger partial charge on any atom is -0.515 e.